The van der Waals surface area contributed by atoms with Gasteiger partial charge in [-0.05, 0) is 34.2 Å². The zero-order valence-electron chi connectivity index (χ0n) is 19.2. The summed E-state index contributed by atoms with van der Waals surface area (Å²) in [5.74, 6) is -6.65. The second kappa shape index (κ2) is 9.22. The molecule has 0 aromatic heterocycles. The Balaban J connectivity index is 1.81. The van der Waals surface area contributed by atoms with Gasteiger partial charge >= 0.3 is 12.1 Å². The number of nitrogens with zero attached hydrogens (tertiary/aromatic N) is 2. The Hall–Kier alpha value is -2.43. The third-order valence-electron chi connectivity index (χ3n) is 6.69. The first-order chi connectivity index (χ1) is 16.0. The van der Waals surface area contributed by atoms with Crippen molar-refractivity contribution in [1.29, 1.82) is 5.26 Å². The van der Waals surface area contributed by atoms with Gasteiger partial charge in [0.15, 0.2) is 4.58 Å². The summed E-state index contributed by atoms with van der Waals surface area (Å²) >= 11 is 2.90. The van der Waals surface area contributed by atoms with Crippen molar-refractivity contribution in [3.63, 3.8) is 0 Å². The molecule has 3 N–H and O–H groups in total. The number of nitriles is 1. The highest BCUT2D eigenvalue weighted by molar-refractivity contribution is 9.10. The Morgan fingerprint density at radius 3 is 2.40 bits per heavy atom. The molecule has 0 aromatic carbocycles. The standard InChI is InChI=1S/C21H26BrF4N5O4/c1-19(2,3)14(30-18(35)21(24,25)26)17(34)31-8-11-12(20(11,22)23)13(31)16(33)29-10(7-27)6-9-4-5-28-15(9)32/h9-14H,4-6,8H2,1-3H3,(H,28,32)(H,29,33)(H,30,35)/t9-,10-,11-,12-,13-,14+,20?/m0/s1. The van der Waals surface area contributed by atoms with Crippen LogP contribution in [-0.2, 0) is 19.2 Å². The molecule has 7 atom stereocenters. The minimum Gasteiger partial charge on any atom is -0.356 e. The fourth-order valence-electron chi connectivity index (χ4n) is 4.72. The van der Waals surface area contributed by atoms with E-state index in [0.29, 0.717) is 13.0 Å². The monoisotopic (exact) mass is 567 g/mol. The fourth-order valence-corrected chi connectivity index (χ4v) is 5.58. The number of carbonyl (C=O) groups is 4. The molecule has 2 saturated heterocycles. The minimum atomic E-state index is -5.23. The summed E-state index contributed by atoms with van der Waals surface area (Å²) < 4.78 is 51.5. The van der Waals surface area contributed by atoms with Crippen molar-refractivity contribution < 1.29 is 36.7 Å². The largest absolute Gasteiger partial charge is 0.471 e. The molecular formula is C21H26BrF4N5O4. The number of halogens is 5. The van der Waals surface area contributed by atoms with Gasteiger partial charge in [0.25, 0.3) is 0 Å². The minimum absolute atomic E-state index is 0.0180. The van der Waals surface area contributed by atoms with Crippen LogP contribution in [0.15, 0.2) is 0 Å². The Kier molecular flexibility index (Phi) is 7.15. The van der Waals surface area contributed by atoms with Crippen LogP contribution in [0.2, 0.25) is 0 Å². The van der Waals surface area contributed by atoms with E-state index in [2.05, 4.69) is 26.6 Å². The first-order valence-corrected chi connectivity index (χ1v) is 11.8. The first-order valence-electron chi connectivity index (χ1n) is 11.0. The summed E-state index contributed by atoms with van der Waals surface area (Å²) in [6.45, 7) is 4.51. The van der Waals surface area contributed by atoms with Gasteiger partial charge in [0.2, 0.25) is 17.7 Å². The summed E-state index contributed by atoms with van der Waals surface area (Å²) in [5.41, 5.74) is -1.17. The molecule has 0 radical (unpaired) electrons. The molecule has 0 spiro atoms. The Morgan fingerprint density at radius 1 is 1.29 bits per heavy atom. The van der Waals surface area contributed by atoms with Crippen LogP contribution in [0.5, 0.6) is 0 Å². The van der Waals surface area contributed by atoms with Gasteiger partial charge in [-0.2, -0.15) is 18.4 Å². The van der Waals surface area contributed by atoms with E-state index in [1.54, 1.807) is 5.32 Å². The van der Waals surface area contributed by atoms with Crippen LogP contribution in [0.1, 0.15) is 33.6 Å². The molecule has 2 aliphatic heterocycles. The highest BCUT2D eigenvalue weighted by atomic mass is 79.9. The highest BCUT2D eigenvalue weighted by Crippen LogP contribution is 2.65. The van der Waals surface area contributed by atoms with Crippen LogP contribution in [0.3, 0.4) is 0 Å². The maximum atomic E-state index is 14.8. The predicted molar refractivity (Wildman–Crippen MR) is 116 cm³/mol. The lowest BCUT2D eigenvalue weighted by Crippen LogP contribution is -2.61. The summed E-state index contributed by atoms with van der Waals surface area (Å²) in [4.78, 5) is 50.9. The van der Waals surface area contributed by atoms with Crippen LogP contribution < -0.4 is 16.0 Å². The van der Waals surface area contributed by atoms with Gasteiger partial charge in [0, 0.05) is 30.8 Å². The van der Waals surface area contributed by atoms with Gasteiger partial charge < -0.3 is 20.9 Å². The van der Waals surface area contributed by atoms with Crippen molar-refractivity contribution in [3.8, 4) is 6.07 Å². The average molecular weight is 568 g/mol. The molecule has 3 rings (SSSR count). The second-order valence-electron chi connectivity index (χ2n) is 10.2. The molecule has 194 valence electrons. The van der Waals surface area contributed by atoms with E-state index < -0.39 is 69.8 Å². The molecule has 1 saturated carbocycles. The number of nitrogens with one attached hydrogen (secondary N) is 3. The van der Waals surface area contributed by atoms with Crippen LogP contribution in [-0.4, -0.2) is 70.5 Å². The van der Waals surface area contributed by atoms with Crippen molar-refractivity contribution in [2.75, 3.05) is 13.1 Å². The van der Waals surface area contributed by atoms with Gasteiger partial charge in [-0.15, -0.1) is 0 Å². The lowest BCUT2D eigenvalue weighted by atomic mass is 9.85. The van der Waals surface area contributed by atoms with Crippen LogP contribution in [0.4, 0.5) is 17.6 Å². The average Bonchev–Trinajstić information content (AvgIpc) is 3.10. The van der Waals surface area contributed by atoms with Crippen molar-refractivity contribution in [1.82, 2.24) is 20.9 Å². The number of carbonyl (C=O) groups excluding carboxylic acids is 4. The lowest BCUT2D eigenvalue weighted by molar-refractivity contribution is -0.176. The maximum Gasteiger partial charge on any atom is 0.471 e. The molecule has 0 aromatic rings. The van der Waals surface area contributed by atoms with Crippen LogP contribution in [0, 0.1) is 34.5 Å². The van der Waals surface area contributed by atoms with E-state index in [1.807, 2.05) is 6.07 Å². The van der Waals surface area contributed by atoms with Gasteiger partial charge in [-0.3, -0.25) is 19.2 Å². The summed E-state index contributed by atoms with van der Waals surface area (Å²) in [6.07, 6.45) is -4.73. The van der Waals surface area contributed by atoms with E-state index in [-0.39, 0.29) is 18.9 Å². The van der Waals surface area contributed by atoms with Crippen LogP contribution >= 0.6 is 15.9 Å². The number of hydrogen-bond donors (Lipinski definition) is 3. The van der Waals surface area contributed by atoms with Gasteiger partial charge in [0.05, 0.1) is 6.07 Å². The van der Waals surface area contributed by atoms with E-state index in [9.17, 15) is 42.0 Å². The van der Waals surface area contributed by atoms with Crippen LogP contribution in [0.25, 0.3) is 0 Å². The molecule has 9 nitrogen and oxygen atoms in total. The smallest absolute Gasteiger partial charge is 0.356 e. The lowest BCUT2D eigenvalue weighted by Gasteiger charge is -2.37. The molecule has 0 bridgehead atoms. The number of alkyl halides is 5. The molecule has 35 heavy (non-hydrogen) atoms. The quantitative estimate of drug-likeness (QED) is 0.327. The first kappa shape index (κ1) is 27.2. The van der Waals surface area contributed by atoms with Gasteiger partial charge in [-0.1, -0.05) is 20.8 Å². The molecule has 4 amide bonds. The zero-order valence-corrected chi connectivity index (χ0v) is 20.8. The highest BCUT2D eigenvalue weighted by Gasteiger charge is 2.75. The van der Waals surface area contributed by atoms with E-state index >= 15 is 0 Å². The van der Waals surface area contributed by atoms with Crippen molar-refractivity contribution in [3.05, 3.63) is 0 Å². The molecular weight excluding hydrogens is 542 g/mol. The number of likely N-dealkylation sites (tertiary alicyclic amines) is 1. The molecule has 2 heterocycles. The number of fused-ring (bicyclic) bond motifs is 1. The SMILES string of the molecule is CC(C)(C)[C@H](NC(=O)C(F)(F)F)C(=O)N1C[C@H]2[C@@H]([C@H]1C(=O)N[C@H](C#N)C[C@@H]1CCNC1=O)C2(F)Br. The Labute approximate surface area is 207 Å². The van der Waals surface area contributed by atoms with E-state index in [4.69, 9.17) is 0 Å². The van der Waals surface area contributed by atoms with Gasteiger partial charge in [0.1, 0.15) is 18.1 Å². The summed E-state index contributed by atoms with van der Waals surface area (Å²) in [6, 6.07) is -2.28. The second-order valence-corrected chi connectivity index (χ2v) is 11.4. The summed E-state index contributed by atoms with van der Waals surface area (Å²) in [7, 11) is 0. The fraction of sp³-hybridized carbons (Fsp3) is 0.762. The zero-order chi connectivity index (χ0) is 26.5. The number of hydrogen-bond acceptors (Lipinski definition) is 5. The van der Waals surface area contributed by atoms with Crippen molar-refractivity contribution >= 4 is 39.6 Å². The molecule has 3 fully saturated rings. The number of amides is 4. The number of rotatable bonds is 6. The normalized spacial score (nSPS) is 31.6. The third kappa shape index (κ3) is 5.39. The number of piperidine rings is 1. The van der Waals surface area contributed by atoms with Crippen molar-refractivity contribution in [2.24, 2.45) is 23.2 Å². The topological polar surface area (TPSA) is 131 Å². The Morgan fingerprint density at radius 2 is 1.91 bits per heavy atom. The predicted octanol–water partition coefficient (Wildman–Crippen LogP) is 1.13. The molecule has 3 aliphatic rings. The van der Waals surface area contributed by atoms with Crippen molar-refractivity contribution in [2.45, 2.75) is 62.5 Å². The maximum absolute atomic E-state index is 14.8. The van der Waals surface area contributed by atoms with E-state index in [1.165, 1.54) is 20.8 Å². The summed E-state index contributed by atoms with van der Waals surface area (Å²) in [5, 5.41) is 16.2. The third-order valence-corrected chi connectivity index (χ3v) is 7.80. The molecule has 14 heteroatoms. The Bertz CT molecular complexity index is 961. The molecule has 1 aliphatic carbocycles. The van der Waals surface area contributed by atoms with Gasteiger partial charge in [-0.25, -0.2) is 4.39 Å². The molecule has 1 unspecified atom stereocenters. The van der Waals surface area contributed by atoms with E-state index in [0.717, 1.165) is 4.90 Å².